The Bertz CT molecular complexity index is 418. The number of nitro benzene ring substituents is 1. The van der Waals surface area contributed by atoms with Crippen molar-refractivity contribution in [2.24, 2.45) is 0 Å². The first kappa shape index (κ1) is 13.3. The van der Waals surface area contributed by atoms with Crippen LogP contribution in [0.4, 0.5) is 24.5 Å². The van der Waals surface area contributed by atoms with Gasteiger partial charge >= 0.3 is 6.30 Å². The maximum absolute atomic E-state index is 12.8. The number of nitrogens with zero attached hydrogens (tertiary/aromatic N) is 2. The lowest BCUT2D eigenvalue weighted by atomic mass is 10.2. The summed E-state index contributed by atoms with van der Waals surface area (Å²) in [5.74, 6) is 0. The highest BCUT2D eigenvalue weighted by molar-refractivity contribution is 5.64. The molecule has 0 aromatic heterocycles. The molecule has 0 radical (unpaired) electrons. The standard InChI is InChI=1S/C10H11F3N2O2/c1-7(2)14(10(11,12)13)8-5-3-4-6-9(8)15(16)17/h3-7H,1-2H3. The van der Waals surface area contributed by atoms with Crippen LogP contribution in [0, 0.1) is 10.1 Å². The van der Waals surface area contributed by atoms with Crippen molar-refractivity contribution in [2.75, 3.05) is 4.90 Å². The number of hydrogen-bond acceptors (Lipinski definition) is 3. The van der Waals surface area contributed by atoms with Crippen molar-refractivity contribution in [1.29, 1.82) is 0 Å². The summed E-state index contributed by atoms with van der Waals surface area (Å²) in [7, 11) is 0. The molecule has 0 saturated heterocycles. The van der Waals surface area contributed by atoms with Crippen LogP contribution in [0.5, 0.6) is 0 Å². The van der Waals surface area contributed by atoms with E-state index in [0.29, 0.717) is 0 Å². The average molecular weight is 248 g/mol. The fraction of sp³-hybridized carbons (Fsp3) is 0.400. The van der Waals surface area contributed by atoms with Crippen molar-refractivity contribution in [3.05, 3.63) is 34.4 Å². The van der Waals surface area contributed by atoms with E-state index in [-0.39, 0.29) is 4.90 Å². The highest BCUT2D eigenvalue weighted by atomic mass is 19.4. The third-order valence-corrected chi connectivity index (χ3v) is 2.13. The Hall–Kier alpha value is -1.79. The first-order valence-electron chi connectivity index (χ1n) is 4.84. The van der Waals surface area contributed by atoms with Crippen LogP contribution in [0.1, 0.15) is 13.8 Å². The molecule has 0 bridgehead atoms. The maximum Gasteiger partial charge on any atom is 0.485 e. The number of benzene rings is 1. The summed E-state index contributed by atoms with van der Waals surface area (Å²) in [4.78, 5) is 9.94. The lowest BCUT2D eigenvalue weighted by Crippen LogP contribution is -2.43. The molecule has 7 heteroatoms. The van der Waals surface area contributed by atoms with Gasteiger partial charge in [-0.3, -0.25) is 15.0 Å². The first-order valence-corrected chi connectivity index (χ1v) is 4.84. The van der Waals surface area contributed by atoms with Gasteiger partial charge in [-0.15, -0.1) is 0 Å². The second-order valence-corrected chi connectivity index (χ2v) is 3.68. The number of hydrogen-bond donors (Lipinski definition) is 0. The van der Waals surface area contributed by atoms with E-state index in [4.69, 9.17) is 0 Å². The molecule has 0 amide bonds. The quantitative estimate of drug-likeness (QED) is 0.468. The summed E-state index contributed by atoms with van der Waals surface area (Å²) in [6.07, 6.45) is -4.65. The molecule has 0 aliphatic rings. The lowest BCUT2D eigenvalue weighted by Gasteiger charge is -2.30. The predicted molar refractivity (Wildman–Crippen MR) is 56.8 cm³/mol. The van der Waals surface area contributed by atoms with E-state index in [9.17, 15) is 23.3 Å². The van der Waals surface area contributed by atoms with E-state index >= 15 is 0 Å². The molecule has 1 aromatic rings. The van der Waals surface area contributed by atoms with Gasteiger partial charge in [-0.1, -0.05) is 12.1 Å². The van der Waals surface area contributed by atoms with Gasteiger partial charge < -0.3 is 0 Å². The molecule has 0 N–H and O–H groups in total. The van der Waals surface area contributed by atoms with Crippen LogP contribution in [-0.2, 0) is 0 Å². The largest absolute Gasteiger partial charge is 0.485 e. The van der Waals surface area contributed by atoms with Crippen molar-refractivity contribution in [3.63, 3.8) is 0 Å². The van der Waals surface area contributed by atoms with E-state index in [0.717, 1.165) is 12.1 Å². The zero-order chi connectivity index (χ0) is 13.2. The van der Waals surface area contributed by atoms with E-state index in [1.54, 1.807) is 0 Å². The van der Waals surface area contributed by atoms with Crippen molar-refractivity contribution in [3.8, 4) is 0 Å². The number of halogens is 3. The maximum atomic E-state index is 12.8. The van der Waals surface area contributed by atoms with Gasteiger partial charge in [-0.05, 0) is 19.9 Å². The molecule has 0 saturated carbocycles. The molecule has 0 fully saturated rings. The average Bonchev–Trinajstić information content (AvgIpc) is 2.15. The van der Waals surface area contributed by atoms with Crippen LogP contribution in [0.25, 0.3) is 0 Å². The molecule has 1 rings (SSSR count). The number of rotatable bonds is 3. The van der Waals surface area contributed by atoms with Gasteiger partial charge in [-0.2, -0.15) is 13.2 Å². The smallest absolute Gasteiger partial charge is 0.275 e. The van der Waals surface area contributed by atoms with Crippen LogP contribution in [0.3, 0.4) is 0 Å². The third-order valence-electron chi connectivity index (χ3n) is 2.13. The molecule has 0 aliphatic carbocycles. The fourth-order valence-corrected chi connectivity index (χ4v) is 1.53. The Balaban J connectivity index is 3.34. The minimum Gasteiger partial charge on any atom is -0.275 e. The lowest BCUT2D eigenvalue weighted by molar-refractivity contribution is -0.384. The highest BCUT2D eigenvalue weighted by Crippen LogP contribution is 2.36. The molecule has 0 unspecified atom stereocenters. The number of alkyl halides is 3. The fourth-order valence-electron chi connectivity index (χ4n) is 1.53. The van der Waals surface area contributed by atoms with E-state index in [2.05, 4.69) is 0 Å². The van der Waals surface area contributed by atoms with Crippen LogP contribution in [0.2, 0.25) is 0 Å². The van der Waals surface area contributed by atoms with Gasteiger partial charge in [0.25, 0.3) is 5.69 Å². The molecule has 0 atom stereocenters. The number of anilines is 1. The zero-order valence-electron chi connectivity index (χ0n) is 9.23. The zero-order valence-corrected chi connectivity index (χ0v) is 9.23. The van der Waals surface area contributed by atoms with Crippen LogP contribution < -0.4 is 4.90 Å². The minimum atomic E-state index is -4.65. The Morgan fingerprint density at radius 1 is 1.29 bits per heavy atom. The van der Waals surface area contributed by atoms with Gasteiger partial charge in [0, 0.05) is 12.1 Å². The molecular weight excluding hydrogens is 237 g/mol. The Morgan fingerprint density at radius 3 is 2.24 bits per heavy atom. The summed E-state index contributed by atoms with van der Waals surface area (Å²) < 4.78 is 38.4. The molecule has 0 heterocycles. The van der Waals surface area contributed by atoms with Crippen molar-refractivity contribution >= 4 is 11.4 Å². The molecule has 1 aromatic carbocycles. The molecule has 4 nitrogen and oxygen atoms in total. The SMILES string of the molecule is CC(C)N(c1ccccc1[N+](=O)[O-])C(F)(F)F. The summed E-state index contributed by atoms with van der Waals surface area (Å²) in [5.41, 5.74) is -1.00. The van der Waals surface area contributed by atoms with E-state index in [1.807, 2.05) is 0 Å². The molecular formula is C10H11F3N2O2. The van der Waals surface area contributed by atoms with Crippen LogP contribution >= 0.6 is 0 Å². The van der Waals surface area contributed by atoms with Gasteiger partial charge in [0.05, 0.1) is 4.92 Å². The Kier molecular flexibility index (Phi) is 3.59. The second-order valence-electron chi connectivity index (χ2n) is 3.68. The van der Waals surface area contributed by atoms with Gasteiger partial charge in [0.15, 0.2) is 0 Å². The van der Waals surface area contributed by atoms with Gasteiger partial charge in [0.1, 0.15) is 5.69 Å². The molecule has 94 valence electrons. The summed E-state index contributed by atoms with van der Waals surface area (Å²) >= 11 is 0. The van der Waals surface area contributed by atoms with E-state index in [1.165, 1.54) is 26.0 Å². The first-order chi connectivity index (χ1) is 7.75. The topological polar surface area (TPSA) is 46.4 Å². The molecule has 0 spiro atoms. The normalized spacial score (nSPS) is 11.6. The van der Waals surface area contributed by atoms with Crippen molar-refractivity contribution in [1.82, 2.24) is 0 Å². The second kappa shape index (κ2) is 4.60. The van der Waals surface area contributed by atoms with Crippen LogP contribution in [-0.4, -0.2) is 17.3 Å². The Labute approximate surface area is 95.8 Å². The minimum absolute atomic E-state index is 0.0745. The molecule has 17 heavy (non-hydrogen) atoms. The molecule has 0 aliphatic heterocycles. The van der Waals surface area contributed by atoms with Crippen molar-refractivity contribution in [2.45, 2.75) is 26.2 Å². The van der Waals surface area contributed by atoms with Crippen molar-refractivity contribution < 1.29 is 18.1 Å². The van der Waals surface area contributed by atoms with Gasteiger partial charge in [-0.25, -0.2) is 0 Å². The Morgan fingerprint density at radius 2 is 1.82 bits per heavy atom. The summed E-state index contributed by atoms with van der Waals surface area (Å²) in [6.45, 7) is 2.65. The third kappa shape index (κ3) is 2.86. The highest BCUT2D eigenvalue weighted by Gasteiger charge is 2.42. The van der Waals surface area contributed by atoms with Gasteiger partial charge in [0.2, 0.25) is 0 Å². The van der Waals surface area contributed by atoms with Crippen LogP contribution in [0.15, 0.2) is 24.3 Å². The predicted octanol–water partition coefficient (Wildman–Crippen LogP) is 3.33. The number of nitro groups is 1. The van der Waals surface area contributed by atoms with E-state index < -0.39 is 28.6 Å². The summed E-state index contributed by atoms with van der Waals surface area (Å²) in [6, 6.07) is 3.89. The monoisotopic (exact) mass is 248 g/mol. The number of para-hydroxylation sites is 2. The summed E-state index contributed by atoms with van der Waals surface area (Å²) in [5, 5.41) is 10.7.